The Bertz CT molecular complexity index is 1060. The average molecular weight is 416 g/mol. The molecule has 142 valence electrons. The van der Waals surface area contributed by atoms with Gasteiger partial charge in [0.05, 0.1) is 17.1 Å². The van der Waals surface area contributed by atoms with Gasteiger partial charge in [0, 0.05) is 10.6 Å². The molecule has 0 unspecified atom stereocenters. The van der Waals surface area contributed by atoms with Crippen molar-refractivity contribution < 1.29 is 21.6 Å². The minimum absolute atomic E-state index is 0.221. The van der Waals surface area contributed by atoms with Crippen LogP contribution in [-0.4, -0.2) is 18.2 Å². The number of aromatic nitrogens is 2. The lowest BCUT2D eigenvalue weighted by atomic mass is 10.1. The second kappa shape index (κ2) is 6.99. The van der Waals surface area contributed by atoms with Crippen molar-refractivity contribution in [3.05, 3.63) is 70.9 Å². The van der Waals surface area contributed by atoms with Crippen LogP contribution in [0.1, 0.15) is 11.3 Å². The van der Waals surface area contributed by atoms with E-state index in [1.807, 2.05) is 0 Å². The van der Waals surface area contributed by atoms with Gasteiger partial charge in [0.2, 0.25) is 10.0 Å². The lowest BCUT2D eigenvalue weighted by Gasteiger charge is -2.09. The molecule has 0 spiro atoms. The van der Waals surface area contributed by atoms with Crippen molar-refractivity contribution in [3.63, 3.8) is 0 Å². The largest absolute Gasteiger partial charge is 0.435 e. The summed E-state index contributed by atoms with van der Waals surface area (Å²) in [7, 11) is -3.71. The van der Waals surface area contributed by atoms with Crippen LogP contribution < -0.4 is 5.14 Å². The van der Waals surface area contributed by atoms with E-state index in [2.05, 4.69) is 5.10 Å². The van der Waals surface area contributed by atoms with Gasteiger partial charge in [-0.25, -0.2) is 18.2 Å². The maximum atomic E-state index is 13.1. The molecule has 0 bridgehead atoms. The zero-order valence-corrected chi connectivity index (χ0v) is 15.2. The van der Waals surface area contributed by atoms with Gasteiger partial charge in [-0.3, -0.25) is 0 Å². The van der Waals surface area contributed by atoms with E-state index >= 15 is 0 Å². The summed E-state index contributed by atoms with van der Waals surface area (Å²) in [6.45, 7) is 0. The lowest BCUT2D eigenvalue weighted by molar-refractivity contribution is -0.141. The van der Waals surface area contributed by atoms with E-state index in [1.165, 1.54) is 24.3 Å². The van der Waals surface area contributed by atoms with Crippen molar-refractivity contribution in [2.24, 2.45) is 5.14 Å². The first-order chi connectivity index (χ1) is 12.5. The molecule has 2 N–H and O–H groups in total. The molecule has 0 saturated heterocycles. The van der Waals surface area contributed by atoms with Crippen LogP contribution in [0.3, 0.4) is 0 Å². The molecule has 0 fully saturated rings. The third-order valence-electron chi connectivity index (χ3n) is 3.69. The summed E-state index contributed by atoms with van der Waals surface area (Å²) in [4.78, 5) is 0. The molecule has 27 heavy (non-hydrogen) atoms. The van der Waals surface area contributed by atoms with Gasteiger partial charge in [0.25, 0.3) is 0 Å². The molecule has 10 heteroatoms. The van der Waals surface area contributed by atoms with E-state index in [-0.39, 0.29) is 11.4 Å². The molecule has 0 saturated carbocycles. The van der Waals surface area contributed by atoms with E-state index in [4.69, 9.17) is 16.7 Å². The minimum Gasteiger partial charge on any atom is -0.233 e. The Balaban J connectivity index is 2.08. The quantitative estimate of drug-likeness (QED) is 0.699. The predicted molar refractivity (Wildman–Crippen MR) is 95.8 cm³/mol. The topological polar surface area (TPSA) is 78.0 Å². The molecule has 0 radical (unpaired) electrons. The molecule has 0 aliphatic heterocycles. The van der Waals surface area contributed by atoms with Gasteiger partial charge < -0.3 is 0 Å². The maximum absolute atomic E-state index is 13.1. The van der Waals surface area contributed by atoms with Crippen molar-refractivity contribution in [3.8, 4) is 16.9 Å². The van der Waals surface area contributed by atoms with Crippen LogP contribution in [0.5, 0.6) is 0 Å². The molecule has 1 aromatic heterocycles. The van der Waals surface area contributed by atoms with Crippen LogP contribution in [0.25, 0.3) is 16.9 Å². The van der Waals surface area contributed by atoms with Gasteiger partial charge in [-0.15, -0.1) is 0 Å². The number of rotatable bonds is 4. The summed E-state index contributed by atoms with van der Waals surface area (Å²) in [5.74, 6) is -0.371. The molecule has 3 rings (SSSR count). The van der Waals surface area contributed by atoms with E-state index < -0.39 is 21.9 Å². The fraction of sp³-hybridized carbons (Fsp3) is 0.118. The number of hydrogen-bond acceptors (Lipinski definition) is 3. The summed E-state index contributed by atoms with van der Waals surface area (Å²) in [5, 5.41) is 9.12. The van der Waals surface area contributed by atoms with Crippen molar-refractivity contribution >= 4 is 21.6 Å². The second-order valence-corrected chi connectivity index (χ2v) is 7.86. The Hall–Kier alpha value is -2.36. The lowest BCUT2D eigenvalue weighted by Crippen LogP contribution is -2.14. The van der Waals surface area contributed by atoms with Gasteiger partial charge in [-0.05, 0) is 35.9 Å². The van der Waals surface area contributed by atoms with Gasteiger partial charge in [0.1, 0.15) is 0 Å². The standard InChI is InChI=1S/C17H13ClF3N3O2S/c18-13-5-3-12(4-6-13)15-9-16(17(19,20)21)23-24(15)14-7-1-11(2-8-14)10-27(22,25)26/h1-9H,10H2,(H2,22,25,26). The van der Waals surface area contributed by atoms with Gasteiger partial charge in [-0.1, -0.05) is 35.9 Å². The number of hydrogen-bond donors (Lipinski definition) is 1. The molecule has 5 nitrogen and oxygen atoms in total. The zero-order chi connectivity index (χ0) is 19.8. The molecule has 0 atom stereocenters. The third-order valence-corrected chi connectivity index (χ3v) is 4.68. The van der Waals surface area contributed by atoms with Crippen molar-refractivity contribution in [1.29, 1.82) is 0 Å². The first-order valence-corrected chi connectivity index (χ1v) is 9.65. The SMILES string of the molecule is NS(=O)(=O)Cc1ccc(-n2nc(C(F)(F)F)cc2-c2ccc(Cl)cc2)cc1. The highest BCUT2D eigenvalue weighted by atomic mass is 35.5. The van der Waals surface area contributed by atoms with Crippen LogP contribution in [0.15, 0.2) is 54.6 Å². The van der Waals surface area contributed by atoms with Crippen LogP contribution >= 0.6 is 11.6 Å². The number of sulfonamides is 1. The second-order valence-electron chi connectivity index (χ2n) is 5.80. The third kappa shape index (κ3) is 4.68. The number of halogens is 4. The molecule has 0 amide bonds. The van der Waals surface area contributed by atoms with Crippen LogP contribution in [0.4, 0.5) is 13.2 Å². The molecular weight excluding hydrogens is 403 g/mol. The molecule has 0 aliphatic carbocycles. The summed E-state index contributed by atoms with van der Waals surface area (Å²) >= 11 is 5.84. The van der Waals surface area contributed by atoms with Crippen molar-refractivity contribution in [1.82, 2.24) is 9.78 Å². The monoisotopic (exact) mass is 415 g/mol. The van der Waals surface area contributed by atoms with Gasteiger partial charge >= 0.3 is 6.18 Å². The number of primary sulfonamides is 1. The summed E-state index contributed by atoms with van der Waals surface area (Å²) < 4.78 is 62.9. The van der Waals surface area contributed by atoms with Crippen molar-refractivity contribution in [2.75, 3.05) is 0 Å². The number of benzene rings is 2. The predicted octanol–water partition coefficient (Wildman–Crippen LogP) is 4.00. The van der Waals surface area contributed by atoms with Crippen LogP contribution in [-0.2, 0) is 22.0 Å². The van der Waals surface area contributed by atoms with Gasteiger partial charge in [-0.2, -0.15) is 18.3 Å². The number of nitrogens with two attached hydrogens (primary N) is 1. The highest BCUT2D eigenvalue weighted by Crippen LogP contribution is 2.33. The first kappa shape index (κ1) is 19.4. The molecular formula is C17H13ClF3N3O2S. The van der Waals surface area contributed by atoms with E-state index in [1.54, 1.807) is 24.3 Å². The Morgan fingerprint density at radius 2 is 1.63 bits per heavy atom. The maximum Gasteiger partial charge on any atom is 0.435 e. The highest BCUT2D eigenvalue weighted by Gasteiger charge is 2.35. The van der Waals surface area contributed by atoms with E-state index in [9.17, 15) is 21.6 Å². The summed E-state index contributed by atoms with van der Waals surface area (Å²) in [6.07, 6.45) is -4.61. The van der Waals surface area contributed by atoms with Gasteiger partial charge in [0.15, 0.2) is 5.69 Å². The fourth-order valence-electron chi connectivity index (χ4n) is 2.51. The Labute approximate surface area is 158 Å². The summed E-state index contributed by atoms with van der Waals surface area (Å²) in [5.41, 5.74) is 0.432. The Morgan fingerprint density at radius 1 is 1.04 bits per heavy atom. The average Bonchev–Trinajstić information content (AvgIpc) is 3.00. The van der Waals surface area contributed by atoms with Crippen LogP contribution in [0, 0.1) is 0 Å². The summed E-state index contributed by atoms with van der Waals surface area (Å²) in [6, 6.07) is 13.2. The Morgan fingerprint density at radius 3 is 2.15 bits per heavy atom. The zero-order valence-electron chi connectivity index (χ0n) is 13.6. The molecule has 2 aromatic carbocycles. The van der Waals surface area contributed by atoms with E-state index in [0.29, 0.717) is 21.8 Å². The van der Waals surface area contributed by atoms with Crippen LogP contribution in [0.2, 0.25) is 5.02 Å². The first-order valence-electron chi connectivity index (χ1n) is 7.56. The van der Waals surface area contributed by atoms with E-state index in [0.717, 1.165) is 10.7 Å². The highest BCUT2D eigenvalue weighted by molar-refractivity contribution is 7.88. The minimum atomic E-state index is -4.61. The fourth-order valence-corrected chi connectivity index (χ4v) is 3.29. The number of nitrogens with zero attached hydrogens (tertiary/aromatic N) is 2. The normalized spacial score (nSPS) is 12.3. The molecule has 3 aromatic rings. The van der Waals surface area contributed by atoms with Crippen molar-refractivity contribution in [2.45, 2.75) is 11.9 Å². The molecule has 0 aliphatic rings. The smallest absolute Gasteiger partial charge is 0.233 e. The number of alkyl halides is 3. The Kier molecular flexibility index (Phi) is 5.02. The molecule has 1 heterocycles.